The van der Waals surface area contributed by atoms with Crippen molar-refractivity contribution in [2.75, 3.05) is 13.2 Å². The van der Waals surface area contributed by atoms with Crippen molar-refractivity contribution in [1.82, 2.24) is 10.3 Å². The first kappa shape index (κ1) is 16.9. The lowest BCUT2D eigenvalue weighted by Crippen LogP contribution is -2.38. The first-order valence-corrected chi connectivity index (χ1v) is 7.28. The first-order chi connectivity index (χ1) is 10.9. The lowest BCUT2D eigenvalue weighted by atomic mass is 9.96. The van der Waals surface area contributed by atoms with Gasteiger partial charge in [-0.3, -0.25) is 4.79 Å². The third-order valence-electron chi connectivity index (χ3n) is 3.36. The Balaban J connectivity index is 2.07. The van der Waals surface area contributed by atoms with E-state index < -0.39 is 11.5 Å². The molecule has 1 heterocycles. The molecule has 0 spiro atoms. The lowest BCUT2D eigenvalue weighted by molar-refractivity contribution is 0.0524. The Kier molecular flexibility index (Phi) is 5.28. The maximum atomic E-state index is 13.0. The Hall–Kier alpha value is -2.47. The predicted octanol–water partition coefficient (Wildman–Crippen LogP) is 2.26. The first-order valence-electron chi connectivity index (χ1n) is 7.28. The van der Waals surface area contributed by atoms with Crippen molar-refractivity contribution in [3.05, 3.63) is 59.5 Å². The van der Waals surface area contributed by atoms with Crippen molar-refractivity contribution in [3.8, 4) is 5.88 Å². The molecule has 0 bridgehead atoms. The zero-order chi connectivity index (χ0) is 16.9. The number of aromatic nitrogens is 1. The number of pyridine rings is 1. The minimum Gasteiger partial charge on any atom is -0.477 e. The van der Waals surface area contributed by atoms with E-state index in [9.17, 15) is 14.3 Å². The average Bonchev–Trinajstić information content (AvgIpc) is 2.54. The molecule has 1 unspecified atom stereocenters. The summed E-state index contributed by atoms with van der Waals surface area (Å²) in [5.74, 6) is -0.539. The Bertz CT molecular complexity index is 672. The number of benzene rings is 1. The predicted molar refractivity (Wildman–Crippen MR) is 83.7 cm³/mol. The van der Waals surface area contributed by atoms with E-state index in [1.165, 1.54) is 30.5 Å². The maximum Gasteiger partial charge on any atom is 0.256 e. The van der Waals surface area contributed by atoms with E-state index in [-0.39, 0.29) is 18.2 Å². The lowest BCUT2D eigenvalue weighted by Gasteiger charge is -2.24. The summed E-state index contributed by atoms with van der Waals surface area (Å²) >= 11 is 0. The molecule has 0 aliphatic carbocycles. The zero-order valence-corrected chi connectivity index (χ0v) is 13.0. The third-order valence-corrected chi connectivity index (χ3v) is 3.36. The standard InChI is InChI=1S/C17H19FN2O3/c1-3-23-16-14(5-4-10-19-16)15(21)20-11-17(2,22)12-6-8-13(18)9-7-12/h4-10,22H,3,11H2,1-2H3,(H,20,21). The second-order valence-electron chi connectivity index (χ2n) is 5.25. The quantitative estimate of drug-likeness (QED) is 0.857. The number of carbonyl (C=O) groups is 1. The molecule has 0 radical (unpaired) electrons. The Morgan fingerprint density at radius 1 is 1.35 bits per heavy atom. The molecule has 0 aliphatic heterocycles. The van der Waals surface area contributed by atoms with Crippen molar-refractivity contribution in [1.29, 1.82) is 0 Å². The van der Waals surface area contributed by atoms with Crippen molar-refractivity contribution < 1.29 is 19.0 Å². The molecular formula is C17H19FN2O3. The van der Waals surface area contributed by atoms with Gasteiger partial charge in [-0.1, -0.05) is 12.1 Å². The monoisotopic (exact) mass is 318 g/mol. The number of aliphatic hydroxyl groups is 1. The molecule has 0 fully saturated rings. The van der Waals surface area contributed by atoms with Crippen molar-refractivity contribution in [3.63, 3.8) is 0 Å². The van der Waals surface area contributed by atoms with Crippen LogP contribution >= 0.6 is 0 Å². The van der Waals surface area contributed by atoms with E-state index >= 15 is 0 Å². The molecule has 1 amide bonds. The summed E-state index contributed by atoms with van der Waals surface area (Å²) < 4.78 is 18.3. The molecule has 2 rings (SSSR count). The number of nitrogens with zero attached hydrogens (tertiary/aromatic N) is 1. The highest BCUT2D eigenvalue weighted by Crippen LogP contribution is 2.21. The van der Waals surface area contributed by atoms with E-state index in [2.05, 4.69) is 10.3 Å². The molecule has 0 aliphatic rings. The fraction of sp³-hybridized carbons (Fsp3) is 0.294. The van der Waals surface area contributed by atoms with Gasteiger partial charge in [0.2, 0.25) is 5.88 Å². The van der Waals surface area contributed by atoms with Crippen LogP contribution in [0.15, 0.2) is 42.6 Å². The molecule has 1 aromatic heterocycles. The molecule has 5 nitrogen and oxygen atoms in total. The zero-order valence-electron chi connectivity index (χ0n) is 13.0. The number of ether oxygens (including phenoxy) is 1. The summed E-state index contributed by atoms with van der Waals surface area (Å²) in [5, 5.41) is 13.1. The number of hydrogen-bond donors (Lipinski definition) is 2. The van der Waals surface area contributed by atoms with Crippen LogP contribution in [0.5, 0.6) is 5.88 Å². The van der Waals surface area contributed by atoms with Gasteiger partial charge in [-0.05, 0) is 43.7 Å². The van der Waals surface area contributed by atoms with Gasteiger partial charge in [0, 0.05) is 6.20 Å². The van der Waals surface area contributed by atoms with E-state index in [0.29, 0.717) is 17.7 Å². The van der Waals surface area contributed by atoms with Crippen LogP contribution in [0.25, 0.3) is 0 Å². The number of halogens is 1. The SMILES string of the molecule is CCOc1ncccc1C(=O)NCC(C)(O)c1ccc(F)cc1. The van der Waals surface area contributed by atoms with Gasteiger partial charge in [-0.2, -0.15) is 0 Å². The molecular weight excluding hydrogens is 299 g/mol. The fourth-order valence-corrected chi connectivity index (χ4v) is 2.07. The normalized spacial score (nSPS) is 13.2. The molecule has 2 N–H and O–H groups in total. The number of hydrogen-bond acceptors (Lipinski definition) is 4. The second kappa shape index (κ2) is 7.19. The Morgan fingerprint density at radius 3 is 2.70 bits per heavy atom. The van der Waals surface area contributed by atoms with E-state index in [0.717, 1.165) is 0 Å². The topological polar surface area (TPSA) is 71.5 Å². The van der Waals surface area contributed by atoms with Crippen LogP contribution in [-0.2, 0) is 5.60 Å². The summed E-state index contributed by atoms with van der Waals surface area (Å²) in [6.45, 7) is 3.71. The van der Waals surface area contributed by atoms with E-state index in [4.69, 9.17) is 4.74 Å². The van der Waals surface area contributed by atoms with Gasteiger partial charge in [0.05, 0.1) is 13.2 Å². The van der Waals surface area contributed by atoms with E-state index in [1.54, 1.807) is 26.0 Å². The highest BCUT2D eigenvalue weighted by molar-refractivity contribution is 5.96. The second-order valence-corrected chi connectivity index (χ2v) is 5.25. The van der Waals surface area contributed by atoms with Crippen LogP contribution < -0.4 is 10.1 Å². The molecule has 0 saturated carbocycles. The summed E-state index contributed by atoms with van der Waals surface area (Å²) in [4.78, 5) is 16.3. The number of amides is 1. The molecule has 23 heavy (non-hydrogen) atoms. The van der Waals surface area contributed by atoms with Crippen molar-refractivity contribution in [2.24, 2.45) is 0 Å². The van der Waals surface area contributed by atoms with Crippen LogP contribution in [-0.4, -0.2) is 29.1 Å². The van der Waals surface area contributed by atoms with Gasteiger partial charge < -0.3 is 15.2 Å². The fourth-order valence-electron chi connectivity index (χ4n) is 2.07. The summed E-state index contributed by atoms with van der Waals surface area (Å²) in [6, 6.07) is 8.73. The average molecular weight is 318 g/mol. The Morgan fingerprint density at radius 2 is 2.04 bits per heavy atom. The van der Waals surface area contributed by atoms with Gasteiger partial charge in [-0.15, -0.1) is 0 Å². The maximum absolute atomic E-state index is 13.0. The van der Waals surface area contributed by atoms with Gasteiger partial charge >= 0.3 is 0 Å². The van der Waals surface area contributed by atoms with Gasteiger partial charge in [0.15, 0.2) is 0 Å². The van der Waals surface area contributed by atoms with Crippen molar-refractivity contribution >= 4 is 5.91 Å². The minimum atomic E-state index is -1.32. The highest BCUT2D eigenvalue weighted by atomic mass is 19.1. The smallest absolute Gasteiger partial charge is 0.256 e. The molecule has 6 heteroatoms. The van der Waals surface area contributed by atoms with Gasteiger partial charge in [-0.25, -0.2) is 9.37 Å². The van der Waals surface area contributed by atoms with Gasteiger partial charge in [0.1, 0.15) is 17.0 Å². The van der Waals surface area contributed by atoms with Crippen LogP contribution in [0.1, 0.15) is 29.8 Å². The molecule has 122 valence electrons. The molecule has 0 saturated heterocycles. The number of rotatable bonds is 6. The highest BCUT2D eigenvalue weighted by Gasteiger charge is 2.25. The van der Waals surface area contributed by atoms with Crippen LogP contribution in [0.2, 0.25) is 0 Å². The van der Waals surface area contributed by atoms with Crippen LogP contribution in [0, 0.1) is 5.82 Å². The summed E-state index contributed by atoms with van der Waals surface area (Å²) in [5.41, 5.74) is -0.517. The van der Waals surface area contributed by atoms with E-state index in [1.807, 2.05) is 0 Å². The third kappa shape index (κ3) is 4.26. The number of carbonyl (C=O) groups excluding carboxylic acids is 1. The summed E-state index contributed by atoms with van der Waals surface area (Å²) in [7, 11) is 0. The summed E-state index contributed by atoms with van der Waals surface area (Å²) in [6.07, 6.45) is 1.54. The molecule has 1 aromatic carbocycles. The van der Waals surface area contributed by atoms with Crippen LogP contribution in [0.3, 0.4) is 0 Å². The van der Waals surface area contributed by atoms with Gasteiger partial charge in [0.25, 0.3) is 5.91 Å². The molecule has 2 aromatic rings. The minimum absolute atomic E-state index is 0.0298. The van der Waals surface area contributed by atoms with Crippen molar-refractivity contribution in [2.45, 2.75) is 19.4 Å². The Labute approximate surface area is 134 Å². The molecule has 1 atom stereocenters. The van der Waals surface area contributed by atoms with Crippen LogP contribution in [0.4, 0.5) is 4.39 Å². The largest absolute Gasteiger partial charge is 0.477 e. The number of nitrogens with one attached hydrogen (secondary N) is 1.